The summed E-state index contributed by atoms with van der Waals surface area (Å²) in [6, 6.07) is 28.5. The molecule has 6 aromatic rings. The molecule has 1 aliphatic rings. The van der Waals surface area contributed by atoms with Crippen LogP contribution in [0.4, 0.5) is 17.6 Å². The van der Waals surface area contributed by atoms with Gasteiger partial charge in [0.05, 0.1) is 12.1 Å². The Morgan fingerprint density at radius 1 is 0.855 bits per heavy atom. The third-order valence-corrected chi connectivity index (χ3v) is 11.1. The van der Waals surface area contributed by atoms with E-state index >= 15 is 0 Å². The first-order valence-electron chi connectivity index (χ1n) is 20.9. The number of unbranched alkanes of at least 4 members (excludes halogenated alkanes) is 1. The van der Waals surface area contributed by atoms with Crippen LogP contribution in [0, 0.1) is 5.92 Å². The van der Waals surface area contributed by atoms with Crippen LogP contribution in [0.3, 0.4) is 0 Å². The number of aromatic nitrogens is 1. The summed E-state index contributed by atoms with van der Waals surface area (Å²) in [7, 11) is 0. The molecule has 0 bridgehead atoms. The molecule has 0 amide bonds. The lowest BCUT2D eigenvalue weighted by Gasteiger charge is -2.18. The zero-order valence-electron chi connectivity index (χ0n) is 35.4. The van der Waals surface area contributed by atoms with Crippen LogP contribution >= 0.6 is 0 Å². The second kappa shape index (κ2) is 18.7. The van der Waals surface area contributed by atoms with E-state index in [9.17, 15) is 27.2 Å². The SMILES string of the molecule is CCCCC(CC)Cn1c2ccc(C(=NOC(C)=O)c3ccc(OCC(F)(F)C(F)F)cc3)cc2c2cc(C(=O)c3ccc(OCC4COC(C)(C)O4)cc3)c3ccccc3c21. The summed E-state index contributed by atoms with van der Waals surface area (Å²) in [5.74, 6) is -4.89. The van der Waals surface area contributed by atoms with E-state index < -0.39 is 30.7 Å². The molecule has 5 aromatic carbocycles. The van der Waals surface area contributed by atoms with Crippen LogP contribution in [-0.2, 0) is 25.7 Å². The van der Waals surface area contributed by atoms with Crippen LogP contribution in [0.1, 0.15) is 87.4 Å². The largest absolute Gasteiger partial charge is 0.491 e. The number of benzene rings is 5. The van der Waals surface area contributed by atoms with Crippen molar-refractivity contribution >= 4 is 50.0 Å². The highest BCUT2D eigenvalue weighted by atomic mass is 19.3. The van der Waals surface area contributed by atoms with E-state index in [1.165, 1.54) is 31.2 Å². The first-order chi connectivity index (χ1) is 29.7. The molecule has 1 aromatic heterocycles. The fourth-order valence-corrected chi connectivity index (χ4v) is 7.89. The summed E-state index contributed by atoms with van der Waals surface area (Å²) in [6.45, 7) is 9.29. The maximum absolute atomic E-state index is 14.6. The Balaban J connectivity index is 1.32. The number of nitrogens with zero attached hydrogens (tertiary/aromatic N) is 2. The summed E-state index contributed by atoms with van der Waals surface area (Å²) in [5, 5.41) is 7.59. The molecule has 0 aliphatic carbocycles. The normalized spacial score (nSPS) is 16.0. The summed E-state index contributed by atoms with van der Waals surface area (Å²) >= 11 is 0. The van der Waals surface area contributed by atoms with Crippen molar-refractivity contribution in [2.75, 3.05) is 19.8 Å². The number of hydrogen-bond donors (Lipinski definition) is 0. The number of carbonyl (C=O) groups is 2. The highest BCUT2D eigenvalue weighted by molar-refractivity contribution is 6.26. The fraction of sp³-hybridized carbons (Fsp3) is 0.367. The van der Waals surface area contributed by atoms with Crippen molar-refractivity contribution in [3.05, 3.63) is 119 Å². The molecule has 326 valence electrons. The Morgan fingerprint density at radius 3 is 2.15 bits per heavy atom. The molecular weight excluding hydrogens is 805 g/mol. The first-order valence-corrected chi connectivity index (χ1v) is 20.9. The van der Waals surface area contributed by atoms with Crippen molar-refractivity contribution in [2.24, 2.45) is 11.1 Å². The molecular formula is C49H50F4N2O7. The number of fused-ring (bicyclic) bond motifs is 5. The summed E-state index contributed by atoms with van der Waals surface area (Å²) < 4.78 is 77.5. The summed E-state index contributed by atoms with van der Waals surface area (Å²) in [6.07, 6.45) is 0.125. The number of carbonyl (C=O) groups excluding carboxylic acids is 2. The smallest absolute Gasteiger partial charge is 0.340 e. The van der Waals surface area contributed by atoms with Gasteiger partial charge in [-0.1, -0.05) is 68.6 Å². The van der Waals surface area contributed by atoms with E-state index in [1.54, 1.807) is 24.3 Å². The number of halogens is 4. The first kappa shape index (κ1) is 44.3. The average molecular weight is 855 g/mol. The van der Waals surface area contributed by atoms with Gasteiger partial charge >= 0.3 is 18.3 Å². The number of alkyl halides is 4. The number of rotatable bonds is 18. The molecule has 13 heteroatoms. The fourth-order valence-electron chi connectivity index (χ4n) is 7.89. The van der Waals surface area contributed by atoms with Gasteiger partial charge in [0.2, 0.25) is 0 Å². The van der Waals surface area contributed by atoms with Gasteiger partial charge in [-0.15, -0.1) is 0 Å². The van der Waals surface area contributed by atoms with E-state index in [0.29, 0.717) is 47.1 Å². The standard InChI is InChI=1S/C49H50F4N2O7/c1-6-8-11-31(7-2)26-55-43-23-18-34(44(54-62-30(3)56)32-14-19-36(20-15-32)59-29-49(52,53)47(50)51)24-40(43)41-25-42(38-12-9-10-13-39(38)45(41)55)46(57)33-16-21-35(22-17-33)58-27-37-28-60-48(4,5)61-37/h9-10,12-25,31,37,47H,6-8,11,26-29H2,1-5H3. The van der Waals surface area contributed by atoms with Gasteiger partial charge in [-0.05, 0) is 98.3 Å². The van der Waals surface area contributed by atoms with Crippen molar-refractivity contribution in [3.63, 3.8) is 0 Å². The molecule has 9 nitrogen and oxygen atoms in total. The minimum absolute atomic E-state index is 0.0582. The monoisotopic (exact) mass is 854 g/mol. The molecule has 0 spiro atoms. The van der Waals surface area contributed by atoms with E-state index in [-0.39, 0.29) is 23.3 Å². The maximum Gasteiger partial charge on any atom is 0.340 e. The van der Waals surface area contributed by atoms with Gasteiger partial charge < -0.3 is 28.4 Å². The number of hydrogen-bond acceptors (Lipinski definition) is 8. The van der Waals surface area contributed by atoms with Gasteiger partial charge in [-0.3, -0.25) is 4.79 Å². The molecule has 1 aliphatic heterocycles. The van der Waals surface area contributed by atoms with E-state index in [1.807, 2.05) is 62.4 Å². The Hall–Kier alpha value is -5.79. The van der Waals surface area contributed by atoms with Crippen molar-refractivity contribution in [2.45, 2.75) is 91.1 Å². The molecule has 7 rings (SSSR count). The predicted molar refractivity (Wildman–Crippen MR) is 231 cm³/mol. The average Bonchev–Trinajstić information content (AvgIpc) is 3.78. The Morgan fingerprint density at radius 2 is 1.52 bits per heavy atom. The van der Waals surface area contributed by atoms with E-state index in [2.05, 4.69) is 23.6 Å². The topological polar surface area (TPSA) is 97.6 Å². The van der Waals surface area contributed by atoms with Crippen LogP contribution in [0.15, 0.2) is 102 Å². The van der Waals surface area contributed by atoms with Crippen molar-refractivity contribution < 1.29 is 50.9 Å². The molecule has 1 saturated heterocycles. The maximum atomic E-state index is 14.6. The summed E-state index contributed by atoms with van der Waals surface area (Å²) in [4.78, 5) is 31.8. The van der Waals surface area contributed by atoms with Gasteiger partial charge in [0, 0.05) is 57.4 Å². The Labute approximate surface area is 357 Å². The van der Waals surface area contributed by atoms with Crippen LogP contribution in [0.5, 0.6) is 11.5 Å². The van der Waals surface area contributed by atoms with Crippen molar-refractivity contribution in [1.29, 1.82) is 0 Å². The zero-order chi connectivity index (χ0) is 44.2. The van der Waals surface area contributed by atoms with Crippen LogP contribution < -0.4 is 9.47 Å². The minimum atomic E-state index is -4.32. The molecule has 62 heavy (non-hydrogen) atoms. The van der Waals surface area contributed by atoms with Crippen molar-refractivity contribution in [1.82, 2.24) is 4.57 Å². The Bertz CT molecular complexity index is 2590. The van der Waals surface area contributed by atoms with Gasteiger partial charge in [0.25, 0.3) is 0 Å². The van der Waals surface area contributed by atoms with Crippen LogP contribution in [0.25, 0.3) is 32.6 Å². The number of ketones is 1. The van der Waals surface area contributed by atoms with Crippen molar-refractivity contribution in [3.8, 4) is 11.5 Å². The third-order valence-electron chi connectivity index (χ3n) is 11.1. The van der Waals surface area contributed by atoms with Gasteiger partial charge in [-0.25, -0.2) is 13.6 Å². The van der Waals surface area contributed by atoms with Crippen LogP contribution in [0.2, 0.25) is 0 Å². The number of ether oxygens (including phenoxy) is 4. The minimum Gasteiger partial charge on any atom is -0.491 e. The molecule has 1 fully saturated rings. The second-order valence-corrected chi connectivity index (χ2v) is 16.1. The lowest BCUT2D eigenvalue weighted by Crippen LogP contribution is -2.33. The lowest BCUT2D eigenvalue weighted by atomic mass is 9.93. The highest BCUT2D eigenvalue weighted by Gasteiger charge is 2.41. The van der Waals surface area contributed by atoms with Gasteiger partial charge in [0.15, 0.2) is 18.2 Å². The van der Waals surface area contributed by atoms with Gasteiger partial charge in [-0.2, -0.15) is 8.78 Å². The molecule has 2 heterocycles. The van der Waals surface area contributed by atoms with Crippen LogP contribution in [-0.4, -0.2) is 66.1 Å². The molecule has 2 atom stereocenters. The second-order valence-electron chi connectivity index (χ2n) is 16.1. The predicted octanol–water partition coefficient (Wildman–Crippen LogP) is 11.5. The molecule has 0 saturated carbocycles. The lowest BCUT2D eigenvalue weighted by molar-refractivity contribution is -0.148. The third kappa shape index (κ3) is 9.79. The highest BCUT2D eigenvalue weighted by Crippen LogP contribution is 2.39. The summed E-state index contributed by atoms with van der Waals surface area (Å²) in [5.41, 5.74) is 4.16. The number of oxime groups is 1. The van der Waals surface area contributed by atoms with Gasteiger partial charge in [0.1, 0.15) is 29.9 Å². The van der Waals surface area contributed by atoms with E-state index in [4.69, 9.17) is 23.8 Å². The molecule has 2 unspecified atom stereocenters. The molecule has 0 radical (unpaired) electrons. The zero-order valence-corrected chi connectivity index (χ0v) is 35.4. The quantitative estimate of drug-likeness (QED) is 0.0279. The Kier molecular flexibility index (Phi) is 13.3. The molecule has 0 N–H and O–H groups in total. The van der Waals surface area contributed by atoms with E-state index in [0.717, 1.165) is 64.8 Å².